The summed E-state index contributed by atoms with van der Waals surface area (Å²) in [4.78, 5) is 23.5. The molecule has 0 aromatic heterocycles. The van der Waals surface area contributed by atoms with Crippen LogP contribution in [0.4, 0.5) is 0 Å². The molecule has 0 aliphatic heterocycles. The predicted octanol–water partition coefficient (Wildman–Crippen LogP) is 2.52. The van der Waals surface area contributed by atoms with E-state index < -0.39 is 11.8 Å². The van der Waals surface area contributed by atoms with E-state index in [-0.39, 0.29) is 12.2 Å². The van der Waals surface area contributed by atoms with Crippen LogP contribution in [0.3, 0.4) is 0 Å². The molecule has 1 rings (SSSR count). The summed E-state index contributed by atoms with van der Waals surface area (Å²) in [7, 11) is 2.95. The van der Waals surface area contributed by atoms with E-state index in [0.29, 0.717) is 21.5 Å². The molecule has 0 fully saturated rings. The number of Topliss-reactive ketones (excluding diaryl/α,β-unsaturated/α-hetero) is 1. The van der Waals surface area contributed by atoms with Gasteiger partial charge in [-0.3, -0.25) is 4.79 Å². The second-order valence-corrected chi connectivity index (χ2v) is 4.44. The SMILES string of the molecule is CCOC(=O)C(=O)c1cc(OC)c(OC)c(Br)c1C. The maximum absolute atomic E-state index is 12.0. The van der Waals surface area contributed by atoms with Crippen molar-refractivity contribution in [3.63, 3.8) is 0 Å². The van der Waals surface area contributed by atoms with Gasteiger partial charge in [-0.25, -0.2) is 4.79 Å². The van der Waals surface area contributed by atoms with Gasteiger partial charge in [0, 0.05) is 5.56 Å². The summed E-state index contributed by atoms with van der Waals surface area (Å²) in [5, 5.41) is 0. The molecule has 0 heterocycles. The van der Waals surface area contributed by atoms with E-state index in [9.17, 15) is 9.59 Å². The minimum absolute atomic E-state index is 0.151. The van der Waals surface area contributed by atoms with Gasteiger partial charge in [-0.1, -0.05) is 0 Å². The van der Waals surface area contributed by atoms with Crippen LogP contribution in [0.5, 0.6) is 11.5 Å². The highest BCUT2D eigenvalue weighted by atomic mass is 79.9. The van der Waals surface area contributed by atoms with Crippen LogP contribution in [-0.2, 0) is 9.53 Å². The van der Waals surface area contributed by atoms with Crippen LogP contribution in [0.2, 0.25) is 0 Å². The van der Waals surface area contributed by atoms with E-state index in [0.717, 1.165) is 0 Å². The number of methoxy groups -OCH3 is 2. The Labute approximate surface area is 120 Å². The summed E-state index contributed by atoms with van der Waals surface area (Å²) in [5.41, 5.74) is 0.818. The topological polar surface area (TPSA) is 61.8 Å². The molecule has 0 atom stereocenters. The Morgan fingerprint density at radius 2 is 1.89 bits per heavy atom. The van der Waals surface area contributed by atoms with Crippen molar-refractivity contribution >= 4 is 27.7 Å². The molecule has 19 heavy (non-hydrogen) atoms. The van der Waals surface area contributed by atoms with Gasteiger partial charge in [0.25, 0.3) is 5.78 Å². The van der Waals surface area contributed by atoms with E-state index in [1.807, 2.05) is 0 Å². The Morgan fingerprint density at radius 1 is 1.26 bits per heavy atom. The lowest BCUT2D eigenvalue weighted by Gasteiger charge is -2.14. The maximum atomic E-state index is 12.0. The summed E-state index contributed by atoms with van der Waals surface area (Å²) < 4.78 is 15.6. The number of benzene rings is 1. The zero-order chi connectivity index (χ0) is 14.6. The molecule has 0 spiro atoms. The Hall–Kier alpha value is -1.56. The predicted molar refractivity (Wildman–Crippen MR) is 72.9 cm³/mol. The Morgan fingerprint density at radius 3 is 2.37 bits per heavy atom. The Balaban J connectivity index is 3.33. The van der Waals surface area contributed by atoms with Crippen molar-refractivity contribution in [1.82, 2.24) is 0 Å². The Kier molecular flexibility index (Phi) is 5.35. The fourth-order valence-corrected chi connectivity index (χ4v) is 2.16. The van der Waals surface area contributed by atoms with Gasteiger partial charge in [0.15, 0.2) is 11.5 Å². The highest BCUT2D eigenvalue weighted by Crippen LogP contribution is 2.39. The molecule has 0 saturated carbocycles. The summed E-state index contributed by atoms with van der Waals surface area (Å²) >= 11 is 3.33. The van der Waals surface area contributed by atoms with E-state index >= 15 is 0 Å². The van der Waals surface area contributed by atoms with E-state index in [1.54, 1.807) is 13.8 Å². The van der Waals surface area contributed by atoms with Gasteiger partial charge in [0.1, 0.15) is 0 Å². The van der Waals surface area contributed by atoms with Crippen molar-refractivity contribution < 1.29 is 23.8 Å². The number of carbonyl (C=O) groups is 2. The first-order valence-electron chi connectivity index (χ1n) is 5.60. The maximum Gasteiger partial charge on any atom is 0.379 e. The monoisotopic (exact) mass is 330 g/mol. The summed E-state index contributed by atoms with van der Waals surface area (Å²) in [6.07, 6.45) is 0. The molecule has 5 nitrogen and oxygen atoms in total. The van der Waals surface area contributed by atoms with Crippen molar-refractivity contribution in [2.45, 2.75) is 13.8 Å². The first kappa shape index (κ1) is 15.5. The molecular weight excluding hydrogens is 316 g/mol. The lowest BCUT2D eigenvalue weighted by molar-refractivity contribution is -0.137. The number of ketones is 1. The van der Waals surface area contributed by atoms with Gasteiger partial charge in [-0.05, 0) is 41.4 Å². The van der Waals surface area contributed by atoms with Crippen molar-refractivity contribution in [1.29, 1.82) is 0 Å². The standard InChI is InChI=1S/C13H15BrO5/c1-5-19-13(16)11(15)8-6-9(17-3)12(18-4)10(14)7(8)2/h6H,5H2,1-4H3. The average molecular weight is 331 g/mol. The molecule has 0 aliphatic carbocycles. The number of hydrogen-bond acceptors (Lipinski definition) is 5. The molecule has 1 aromatic carbocycles. The number of hydrogen-bond donors (Lipinski definition) is 0. The van der Waals surface area contributed by atoms with Crippen LogP contribution in [0.1, 0.15) is 22.8 Å². The fourth-order valence-electron chi connectivity index (χ4n) is 1.59. The van der Waals surface area contributed by atoms with Crippen LogP contribution >= 0.6 is 15.9 Å². The molecule has 0 saturated heterocycles. The molecule has 1 aromatic rings. The van der Waals surface area contributed by atoms with Crippen LogP contribution in [0.15, 0.2) is 10.5 Å². The second kappa shape index (κ2) is 6.56. The molecule has 0 unspecified atom stereocenters. The molecule has 0 radical (unpaired) electrons. The molecule has 0 amide bonds. The zero-order valence-corrected chi connectivity index (χ0v) is 12.8. The smallest absolute Gasteiger partial charge is 0.379 e. The van der Waals surface area contributed by atoms with E-state index in [2.05, 4.69) is 15.9 Å². The molecular formula is C13H15BrO5. The van der Waals surface area contributed by atoms with Crippen LogP contribution < -0.4 is 9.47 Å². The number of esters is 1. The fraction of sp³-hybridized carbons (Fsp3) is 0.385. The van der Waals surface area contributed by atoms with Gasteiger partial charge >= 0.3 is 5.97 Å². The second-order valence-electron chi connectivity index (χ2n) is 3.65. The minimum Gasteiger partial charge on any atom is -0.493 e. The quantitative estimate of drug-likeness (QED) is 0.471. The molecule has 0 bridgehead atoms. The lowest BCUT2D eigenvalue weighted by Crippen LogP contribution is -2.19. The molecule has 6 heteroatoms. The summed E-state index contributed by atoms with van der Waals surface area (Å²) in [5.74, 6) is -0.751. The largest absolute Gasteiger partial charge is 0.493 e. The normalized spacial score (nSPS) is 9.95. The van der Waals surface area contributed by atoms with Crippen molar-refractivity contribution in [3.05, 3.63) is 21.7 Å². The number of halogens is 1. The third-order valence-corrected chi connectivity index (χ3v) is 3.52. The van der Waals surface area contributed by atoms with Gasteiger partial charge in [0.2, 0.25) is 0 Å². The lowest BCUT2D eigenvalue weighted by atomic mass is 10.0. The van der Waals surface area contributed by atoms with Gasteiger partial charge in [-0.2, -0.15) is 0 Å². The summed E-state index contributed by atoms with van der Waals surface area (Å²) in [6.45, 7) is 3.50. The van der Waals surface area contributed by atoms with Gasteiger partial charge in [-0.15, -0.1) is 0 Å². The third kappa shape index (κ3) is 3.07. The van der Waals surface area contributed by atoms with Gasteiger partial charge in [0.05, 0.1) is 25.3 Å². The van der Waals surface area contributed by atoms with E-state index in [4.69, 9.17) is 14.2 Å². The highest BCUT2D eigenvalue weighted by molar-refractivity contribution is 9.10. The van der Waals surface area contributed by atoms with Crippen LogP contribution in [0.25, 0.3) is 0 Å². The van der Waals surface area contributed by atoms with Crippen molar-refractivity contribution in [2.24, 2.45) is 0 Å². The van der Waals surface area contributed by atoms with Crippen LogP contribution in [0, 0.1) is 6.92 Å². The van der Waals surface area contributed by atoms with Crippen molar-refractivity contribution in [2.75, 3.05) is 20.8 Å². The number of rotatable bonds is 5. The van der Waals surface area contributed by atoms with Gasteiger partial charge < -0.3 is 14.2 Å². The third-order valence-electron chi connectivity index (χ3n) is 2.56. The van der Waals surface area contributed by atoms with Crippen LogP contribution in [-0.4, -0.2) is 32.6 Å². The summed E-state index contributed by atoms with van der Waals surface area (Å²) in [6, 6.07) is 1.47. The molecule has 0 N–H and O–H groups in total. The first-order valence-corrected chi connectivity index (χ1v) is 6.39. The van der Waals surface area contributed by atoms with E-state index in [1.165, 1.54) is 20.3 Å². The zero-order valence-electron chi connectivity index (χ0n) is 11.2. The highest BCUT2D eigenvalue weighted by Gasteiger charge is 2.24. The van der Waals surface area contributed by atoms with Crippen molar-refractivity contribution in [3.8, 4) is 11.5 Å². The molecule has 104 valence electrons. The Bertz CT molecular complexity index is 510. The number of ether oxygens (including phenoxy) is 3. The minimum atomic E-state index is -0.885. The average Bonchev–Trinajstić information content (AvgIpc) is 2.41. The first-order chi connectivity index (χ1) is 8.97. The number of carbonyl (C=O) groups excluding carboxylic acids is 2. The molecule has 0 aliphatic rings.